The van der Waals surface area contributed by atoms with E-state index in [9.17, 15) is 4.79 Å². The van der Waals surface area contributed by atoms with Crippen molar-refractivity contribution in [1.82, 2.24) is 9.97 Å². The van der Waals surface area contributed by atoms with E-state index in [1.54, 1.807) is 31.2 Å². The lowest BCUT2D eigenvalue weighted by Crippen LogP contribution is -2.31. The monoisotopic (exact) mass is 364 g/mol. The second-order valence-electron chi connectivity index (χ2n) is 5.78. The van der Waals surface area contributed by atoms with E-state index < -0.39 is 0 Å². The van der Waals surface area contributed by atoms with Crippen LogP contribution in [0.4, 0.5) is 11.5 Å². The van der Waals surface area contributed by atoms with Gasteiger partial charge in [0.05, 0.1) is 10.7 Å². The Balaban J connectivity index is 1.84. The molecule has 2 heterocycles. The van der Waals surface area contributed by atoms with E-state index in [1.807, 2.05) is 0 Å². The Morgan fingerprint density at radius 2 is 1.88 bits per heavy atom. The molecule has 1 N–H and O–H groups in total. The summed E-state index contributed by atoms with van der Waals surface area (Å²) in [6, 6.07) is 6.65. The summed E-state index contributed by atoms with van der Waals surface area (Å²) in [5, 5.41) is 3.69. The molecule has 0 atom stereocenters. The van der Waals surface area contributed by atoms with Gasteiger partial charge in [-0.25, -0.2) is 9.97 Å². The number of benzene rings is 1. The van der Waals surface area contributed by atoms with Gasteiger partial charge >= 0.3 is 0 Å². The van der Waals surface area contributed by atoms with Crippen LogP contribution in [-0.4, -0.2) is 29.0 Å². The minimum Gasteiger partial charge on any atom is -0.356 e. The van der Waals surface area contributed by atoms with Crippen molar-refractivity contribution < 1.29 is 4.79 Å². The summed E-state index contributed by atoms with van der Waals surface area (Å²) in [6.45, 7) is 3.70. The highest BCUT2D eigenvalue weighted by Crippen LogP contribution is 2.26. The minimum atomic E-state index is -0.331. The summed E-state index contributed by atoms with van der Waals surface area (Å²) in [7, 11) is 0. The highest BCUT2D eigenvalue weighted by Gasteiger charge is 2.17. The van der Waals surface area contributed by atoms with Gasteiger partial charge in [0, 0.05) is 24.2 Å². The number of piperidine rings is 1. The Hall–Kier alpha value is -1.85. The fourth-order valence-corrected chi connectivity index (χ4v) is 3.07. The predicted octanol–water partition coefficient (Wildman–Crippen LogP) is 4.33. The highest BCUT2D eigenvalue weighted by molar-refractivity contribution is 6.35. The SMILES string of the molecule is Cc1nc(C(=O)Nc2cc(Cl)ccc2Cl)cc(N2CCCCC2)n1. The third-order valence-corrected chi connectivity index (χ3v) is 4.48. The highest BCUT2D eigenvalue weighted by atomic mass is 35.5. The maximum atomic E-state index is 12.5. The molecule has 0 unspecified atom stereocenters. The van der Waals surface area contributed by atoms with Crippen LogP contribution in [0.25, 0.3) is 0 Å². The van der Waals surface area contributed by atoms with Crippen LogP contribution in [0.5, 0.6) is 0 Å². The molecule has 0 saturated carbocycles. The first-order chi connectivity index (χ1) is 11.5. The number of amides is 1. The van der Waals surface area contributed by atoms with E-state index in [-0.39, 0.29) is 5.91 Å². The van der Waals surface area contributed by atoms with Gasteiger partial charge in [-0.2, -0.15) is 0 Å². The van der Waals surface area contributed by atoms with Gasteiger partial charge in [0.1, 0.15) is 17.3 Å². The molecule has 1 aromatic carbocycles. The fraction of sp³-hybridized carbons (Fsp3) is 0.353. The number of aryl methyl sites for hydroxylation is 1. The van der Waals surface area contributed by atoms with Gasteiger partial charge in [-0.15, -0.1) is 0 Å². The molecule has 7 heteroatoms. The van der Waals surface area contributed by atoms with Crippen LogP contribution in [0.2, 0.25) is 10.0 Å². The number of aromatic nitrogens is 2. The Morgan fingerprint density at radius 3 is 2.62 bits per heavy atom. The van der Waals surface area contributed by atoms with E-state index in [0.29, 0.717) is 27.3 Å². The Labute approximate surface area is 151 Å². The molecule has 1 aromatic heterocycles. The number of carbonyl (C=O) groups is 1. The summed E-state index contributed by atoms with van der Waals surface area (Å²) < 4.78 is 0. The zero-order valence-electron chi connectivity index (χ0n) is 13.4. The maximum absolute atomic E-state index is 12.5. The molecule has 1 saturated heterocycles. The molecule has 1 aliphatic rings. The van der Waals surface area contributed by atoms with Crippen molar-refractivity contribution in [2.45, 2.75) is 26.2 Å². The van der Waals surface area contributed by atoms with Gasteiger partial charge in [-0.05, 0) is 44.4 Å². The maximum Gasteiger partial charge on any atom is 0.274 e. The van der Waals surface area contributed by atoms with E-state index in [4.69, 9.17) is 23.2 Å². The lowest BCUT2D eigenvalue weighted by molar-refractivity contribution is 0.102. The van der Waals surface area contributed by atoms with Crippen LogP contribution < -0.4 is 10.2 Å². The molecular formula is C17H18Cl2N4O. The van der Waals surface area contributed by atoms with Crippen LogP contribution in [0.1, 0.15) is 35.6 Å². The predicted molar refractivity (Wildman–Crippen MR) is 97.2 cm³/mol. The first-order valence-corrected chi connectivity index (χ1v) is 8.65. The zero-order valence-corrected chi connectivity index (χ0v) is 14.9. The molecule has 0 bridgehead atoms. The van der Waals surface area contributed by atoms with Crippen LogP contribution in [0.15, 0.2) is 24.3 Å². The Bertz CT molecular complexity index is 760. The van der Waals surface area contributed by atoms with Gasteiger partial charge < -0.3 is 10.2 Å². The Kier molecular flexibility index (Phi) is 5.21. The number of rotatable bonds is 3. The van der Waals surface area contributed by atoms with Gasteiger partial charge in [0.2, 0.25) is 0 Å². The third kappa shape index (κ3) is 3.97. The molecule has 3 rings (SSSR count). The van der Waals surface area contributed by atoms with Crippen molar-refractivity contribution in [3.05, 3.63) is 45.8 Å². The summed E-state index contributed by atoms with van der Waals surface area (Å²) in [4.78, 5) is 23.5. The topological polar surface area (TPSA) is 58.1 Å². The number of carbonyl (C=O) groups excluding carboxylic acids is 1. The molecular weight excluding hydrogens is 347 g/mol. The van der Waals surface area contributed by atoms with Crippen LogP contribution >= 0.6 is 23.2 Å². The molecule has 0 aliphatic carbocycles. The molecule has 1 aliphatic heterocycles. The van der Waals surface area contributed by atoms with Gasteiger partial charge in [-0.3, -0.25) is 4.79 Å². The average Bonchev–Trinajstić information content (AvgIpc) is 2.58. The molecule has 1 fully saturated rings. The van der Waals surface area contributed by atoms with Crippen LogP contribution in [-0.2, 0) is 0 Å². The van der Waals surface area contributed by atoms with Crippen molar-refractivity contribution in [3.63, 3.8) is 0 Å². The number of hydrogen-bond donors (Lipinski definition) is 1. The normalized spacial score (nSPS) is 14.5. The van der Waals surface area contributed by atoms with E-state index in [2.05, 4.69) is 20.2 Å². The number of nitrogens with zero attached hydrogens (tertiary/aromatic N) is 3. The lowest BCUT2D eigenvalue weighted by Gasteiger charge is -2.28. The smallest absolute Gasteiger partial charge is 0.274 e. The molecule has 0 radical (unpaired) electrons. The van der Waals surface area contributed by atoms with Gasteiger partial charge in [0.15, 0.2) is 0 Å². The first kappa shape index (κ1) is 17.0. The fourth-order valence-electron chi connectivity index (χ4n) is 2.73. The summed E-state index contributed by atoms with van der Waals surface area (Å²) >= 11 is 12.1. The van der Waals surface area contributed by atoms with Crippen LogP contribution in [0.3, 0.4) is 0 Å². The standard InChI is InChI=1S/C17H18Cl2N4O/c1-11-20-15(10-16(21-11)23-7-3-2-4-8-23)17(24)22-14-9-12(18)5-6-13(14)19/h5-6,9-10H,2-4,7-8H2,1H3,(H,22,24). The molecule has 24 heavy (non-hydrogen) atoms. The van der Waals surface area contributed by atoms with Gasteiger partial charge in [0.25, 0.3) is 5.91 Å². The van der Waals surface area contributed by atoms with Gasteiger partial charge in [-0.1, -0.05) is 23.2 Å². The minimum absolute atomic E-state index is 0.319. The number of anilines is 2. The number of nitrogens with one attached hydrogen (secondary N) is 1. The lowest BCUT2D eigenvalue weighted by atomic mass is 10.1. The largest absolute Gasteiger partial charge is 0.356 e. The average molecular weight is 365 g/mol. The molecule has 126 valence electrons. The second kappa shape index (κ2) is 7.36. The quantitative estimate of drug-likeness (QED) is 0.879. The van der Waals surface area contributed by atoms with E-state index in [0.717, 1.165) is 31.7 Å². The van der Waals surface area contributed by atoms with Crippen molar-refractivity contribution in [3.8, 4) is 0 Å². The van der Waals surface area contributed by atoms with Crippen molar-refractivity contribution in [2.75, 3.05) is 23.3 Å². The van der Waals surface area contributed by atoms with Crippen molar-refractivity contribution in [2.24, 2.45) is 0 Å². The molecule has 5 nitrogen and oxygen atoms in total. The summed E-state index contributed by atoms with van der Waals surface area (Å²) in [6.07, 6.45) is 3.52. The number of halogens is 2. The summed E-state index contributed by atoms with van der Waals surface area (Å²) in [5.41, 5.74) is 0.782. The first-order valence-electron chi connectivity index (χ1n) is 7.90. The third-order valence-electron chi connectivity index (χ3n) is 3.91. The summed E-state index contributed by atoms with van der Waals surface area (Å²) in [5.74, 6) is 1.04. The Morgan fingerprint density at radius 1 is 1.12 bits per heavy atom. The van der Waals surface area contributed by atoms with Crippen LogP contribution in [0, 0.1) is 6.92 Å². The zero-order chi connectivity index (χ0) is 17.1. The van der Waals surface area contributed by atoms with Crippen molar-refractivity contribution in [1.29, 1.82) is 0 Å². The molecule has 0 spiro atoms. The van der Waals surface area contributed by atoms with Crippen molar-refractivity contribution >= 4 is 40.6 Å². The molecule has 2 aromatic rings. The van der Waals surface area contributed by atoms with E-state index >= 15 is 0 Å². The van der Waals surface area contributed by atoms with E-state index in [1.165, 1.54) is 6.42 Å². The number of hydrogen-bond acceptors (Lipinski definition) is 4. The molecule has 1 amide bonds. The second-order valence-corrected chi connectivity index (χ2v) is 6.63.